The summed E-state index contributed by atoms with van der Waals surface area (Å²) in [6.45, 7) is 0. The number of amides is 1. The van der Waals surface area contributed by atoms with Crippen molar-refractivity contribution in [2.45, 2.75) is 12.8 Å². The van der Waals surface area contributed by atoms with Crippen molar-refractivity contribution < 1.29 is 4.79 Å². The summed E-state index contributed by atoms with van der Waals surface area (Å²) < 4.78 is 2.07. The average Bonchev–Trinajstić information content (AvgIpc) is 2.87. The van der Waals surface area contributed by atoms with E-state index in [0.717, 1.165) is 21.1 Å². The highest BCUT2D eigenvalue weighted by molar-refractivity contribution is 9.10. The fourth-order valence-electron chi connectivity index (χ4n) is 2.04. The summed E-state index contributed by atoms with van der Waals surface area (Å²) in [4.78, 5) is 16.4. The first-order valence-electron chi connectivity index (χ1n) is 6.60. The number of nitrogens with one attached hydrogen (secondary N) is 1. The molecule has 0 saturated heterocycles. The van der Waals surface area contributed by atoms with Crippen LogP contribution in [0.1, 0.15) is 12.0 Å². The predicted molar refractivity (Wildman–Crippen MR) is 90.7 cm³/mol. The van der Waals surface area contributed by atoms with Gasteiger partial charge in [0.1, 0.15) is 0 Å². The number of halogens is 1. The third kappa shape index (κ3) is 3.68. The third-order valence-electron chi connectivity index (χ3n) is 3.08. The molecule has 1 heterocycles. The maximum atomic E-state index is 12.0. The number of thiazole rings is 1. The number of carbonyl (C=O) groups excluding carboxylic acids is 1. The van der Waals surface area contributed by atoms with Gasteiger partial charge >= 0.3 is 0 Å². The SMILES string of the molecule is O=C(CCc1ccccc1)Nc1nc2ccc(Br)cc2s1. The lowest BCUT2D eigenvalue weighted by Gasteiger charge is -2.01. The first-order valence-corrected chi connectivity index (χ1v) is 8.21. The van der Waals surface area contributed by atoms with Gasteiger partial charge in [0, 0.05) is 10.9 Å². The summed E-state index contributed by atoms with van der Waals surface area (Å²) in [6.07, 6.45) is 1.20. The molecule has 0 atom stereocenters. The minimum Gasteiger partial charge on any atom is -0.302 e. The third-order valence-corrected chi connectivity index (χ3v) is 4.51. The quantitative estimate of drug-likeness (QED) is 0.736. The molecule has 0 fully saturated rings. The van der Waals surface area contributed by atoms with Gasteiger partial charge in [0.25, 0.3) is 0 Å². The van der Waals surface area contributed by atoms with Crippen LogP contribution in [0.4, 0.5) is 5.13 Å². The Morgan fingerprint density at radius 1 is 1.19 bits per heavy atom. The number of benzene rings is 2. The summed E-state index contributed by atoms with van der Waals surface area (Å²) in [5, 5.41) is 3.53. The van der Waals surface area contributed by atoms with Crippen LogP contribution in [-0.2, 0) is 11.2 Å². The van der Waals surface area contributed by atoms with E-state index in [1.807, 2.05) is 48.5 Å². The first kappa shape index (κ1) is 14.2. The van der Waals surface area contributed by atoms with Crippen molar-refractivity contribution >= 4 is 48.5 Å². The number of carbonyl (C=O) groups is 1. The monoisotopic (exact) mass is 360 g/mol. The van der Waals surface area contributed by atoms with Gasteiger partial charge < -0.3 is 5.32 Å². The highest BCUT2D eigenvalue weighted by Crippen LogP contribution is 2.28. The molecule has 2 aromatic carbocycles. The highest BCUT2D eigenvalue weighted by atomic mass is 79.9. The standard InChI is InChI=1S/C16H13BrN2OS/c17-12-7-8-13-14(10-12)21-16(18-13)19-15(20)9-6-11-4-2-1-3-5-11/h1-5,7-8,10H,6,9H2,(H,18,19,20). The van der Waals surface area contributed by atoms with Crippen LogP contribution in [0.2, 0.25) is 0 Å². The van der Waals surface area contributed by atoms with Crippen LogP contribution >= 0.6 is 27.3 Å². The van der Waals surface area contributed by atoms with Gasteiger partial charge in [-0.2, -0.15) is 0 Å². The second kappa shape index (κ2) is 6.37. The minimum absolute atomic E-state index is 0.00280. The summed E-state index contributed by atoms with van der Waals surface area (Å²) in [5.74, 6) is -0.00280. The van der Waals surface area contributed by atoms with Gasteiger partial charge in [-0.1, -0.05) is 57.6 Å². The molecule has 0 unspecified atom stereocenters. The zero-order valence-corrected chi connectivity index (χ0v) is 13.6. The van der Waals surface area contributed by atoms with Gasteiger partial charge in [0.15, 0.2) is 5.13 Å². The topological polar surface area (TPSA) is 42.0 Å². The zero-order chi connectivity index (χ0) is 14.7. The molecule has 21 heavy (non-hydrogen) atoms. The lowest BCUT2D eigenvalue weighted by Crippen LogP contribution is -2.11. The molecule has 106 valence electrons. The van der Waals surface area contributed by atoms with Crippen molar-refractivity contribution in [2.24, 2.45) is 0 Å². The summed E-state index contributed by atoms with van der Waals surface area (Å²) in [5.41, 5.74) is 2.07. The number of rotatable bonds is 4. The van der Waals surface area contributed by atoms with E-state index >= 15 is 0 Å². The number of nitrogens with zero attached hydrogens (tertiary/aromatic N) is 1. The Balaban J connectivity index is 1.63. The van der Waals surface area contributed by atoms with Crippen LogP contribution in [0.5, 0.6) is 0 Å². The maximum absolute atomic E-state index is 12.0. The molecule has 3 aromatic rings. The van der Waals surface area contributed by atoms with Gasteiger partial charge in [0.2, 0.25) is 5.91 Å². The largest absolute Gasteiger partial charge is 0.302 e. The van der Waals surface area contributed by atoms with Crippen LogP contribution in [0.3, 0.4) is 0 Å². The van der Waals surface area contributed by atoms with Gasteiger partial charge in [-0.25, -0.2) is 4.98 Å². The lowest BCUT2D eigenvalue weighted by molar-refractivity contribution is -0.116. The van der Waals surface area contributed by atoms with Crippen LogP contribution in [0, 0.1) is 0 Å². The Labute approximate surface area is 135 Å². The van der Waals surface area contributed by atoms with Crippen molar-refractivity contribution in [3.05, 3.63) is 58.6 Å². The van der Waals surface area contributed by atoms with Crippen LogP contribution < -0.4 is 5.32 Å². The zero-order valence-electron chi connectivity index (χ0n) is 11.2. The molecule has 0 radical (unpaired) electrons. The minimum atomic E-state index is -0.00280. The van der Waals surface area contributed by atoms with Crippen molar-refractivity contribution in [3.8, 4) is 0 Å². The van der Waals surface area contributed by atoms with E-state index in [2.05, 4.69) is 26.2 Å². The Morgan fingerprint density at radius 3 is 2.81 bits per heavy atom. The molecule has 0 saturated carbocycles. The molecule has 1 amide bonds. The molecule has 3 nitrogen and oxygen atoms in total. The Kier molecular flexibility index (Phi) is 4.31. The van der Waals surface area contributed by atoms with Gasteiger partial charge in [-0.3, -0.25) is 4.79 Å². The molecule has 3 rings (SSSR count). The molecule has 0 aliphatic rings. The second-order valence-electron chi connectivity index (χ2n) is 4.66. The Hall–Kier alpha value is -1.72. The predicted octanol–water partition coefficient (Wildman–Crippen LogP) is 4.63. The number of hydrogen-bond donors (Lipinski definition) is 1. The Bertz CT molecular complexity index is 770. The number of fused-ring (bicyclic) bond motifs is 1. The van der Waals surface area contributed by atoms with Crippen LogP contribution in [0.15, 0.2) is 53.0 Å². The van der Waals surface area contributed by atoms with Gasteiger partial charge in [-0.05, 0) is 30.2 Å². The van der Waals surface area contributed by atoms with Crippen LogP contribution in [0.25, 0.3) is 10.2 Å². The van der Waals surface area contributed by atoms with Crippen molar-refractivity contribution in [1.29, 1.82) is 0 Å². The normalized spacial score (nSPS) is 10.7. The number of hydrogen-bond acceptors (Lipinski definition) is 3. The smallest absolute Gasteiger partial charge is 0.226 e. The van der Waals surface area contributed by atoms with E-state index in [0.29, 0.717) is 11.6 Å². The molecule has 1 N–H and O–H groups in total. The molecule has 0 aliphatic heterocycles. The molecular weight excluding hydrogens is 348 g/mol. The molecule has 5 heteroatoms. The average molecular weight is 361 g/mol. The van der Waals surface area contributed by atoms with E-state index in [1.165, 1.54) is 16.9 Å². The van der Waals surface area contributed by atoms with E-state index < -0.39 is 0 Å². The number of aryl methyl sites for hydroxylation is 1. The molecule has 0 spiro atoms. The molecular formula is C16H13BrN2OS. The van der Waals surface area contributed by atoms with Crippen molar-refractivity contribution in [2.75, 3.05) is 5.32 Å². The summed E-state index contributed by atoms with van der Waals surface area (Å²) in [7, 11) is 0. The van der Waals surface area contributed by atoms with E-state index in [4.69, 9.17) is 0 Å². The summed E-state index contributed by atoms with van der Waals surface area (Å²) in [6, 6.07) is 15.9. The number of aromatic nitrogens is 1. The van der Waals surface area contributed by atoms with E-state index in [1.54, 1.807) is 0 Å². The fourth-order valence-corrected chi connectivity index (χ4v) is 3.47. The highest BCUT2D eigenvalue weighted by Gasteiger charge is 2.08. The second-order valence-corrected chi connectivity index (χ2v) is 6.61. The number of anilines is 1. The van der Waals surface area contributed by atoms with Gasteiger partial charge in [0.05, 0.1) is 10.2 Å². The molecule has 1 aromatic heterocycles. The fraction of sp³-hybridized carbons (Fsp3) is 0.125. The Morgan fingerprint density at radius 2 is 2.00 bits per heavy atom. The first-order chi connectivity index (χ1) is 10.2. The molecule has 0 bridgehead atoms. The van der Waals surface area contributed by atoms with Crippen molar-refractivity contribution in [3.63, 3.8) is 0 Å². The molecule has 0 aliphatic carbocycles. The van der Waals surface area contributed by atoms with E-state index in [9.17, 15) is 4.79 Å². The lowest BCUT2D eigenvalue weighted by atomic mass is 10.1. The van der Waals surface area contributed by atoms with Gasteiger partial charge in [-0.15, -0.1) is 0 Å². The van der Waals surface area contributed by atoms with Crippen molar-refractivity contribution in [1.82, 2.24) is 4.98 Å². The van der Waals surface area contributed by atoms with E-state index in [-0.39, 0.29) is 5.91 Å². The summed E-state index contributed by atoms with van der Waals surface area (Å²) >= 11 is 4.92. The maximum Gasteiger partial charge on any atom is 0.226 e. The van der Waals surface area contributed by atoms with Crippen LogP contribution in [-0.4, -0.2) is 10.9 Å².